The minimum absolute atomic E-state index is 0.344. The highest BCUT2D eigenvalue weighted by Crippen LogP contribution is 2.04. The molecule has 0 bridgehead atoms. The monoisotopic (exact) mass is 243 g/mol. The molecule has 0 unspecified atom stereocenters. The highest BCUT2D eigenvalue weighted by molar-refractivity contribution is 5.71. The van der Waals surface area contributed by atoms with Gasteiger partial charge in [0.05, 0.1) is 6.61 Å². The predicted molar refractivity (Wildman–Crippen MR) is 73.7 cm³/mol. The molecule has 0 fully saturated rings. The molecule has 0 saturated carbocycles. The Morgan fingerprint density at radius 1 is 1.33 bits per heavy atom. The third-order valence-electron chi connectivity index (χ3n) is 2.09. The second-order valence-corrected chi connectivity index (χ2v) is 3.41. The van der Waals surface area contributed by atoms with Gasteiger partial charge in [0.25, 0.3) is 0 Å². The number of hydrogen-bond acceptors (Lipinski definition) is 2. The Kier molecular flexibility index (Phi) is 6.04. The molecule has 0 heterocycles. The fraction of sp³-hybridized carbons (Fsp3) is 0.133. The van der Waals surface area contributed by atoms with Crippen LogP contribution in [-0.2, 0) is 4.74 Å². The maximum atomic E-state index is 11.6. The Bertz CT molecular complexity index is 435. The van der Waals surface area contributed by atoms with Crippen molar-refractivity contribution in [3.8, 4) is 0 Å². The van der Waals surface area contributed by atoms with Crippen LogP contribution in [-0.4, -0.2) is 17.6 Å². The molecule has 1 aromatic carbocycles. The summed E-state index contributed by atoms with van der Waals surface area (Å²) < 4.78 is 4.94. The summed E-state index contributed by atoms with van der Waals surface area (Å²) in [5.74, 6) is 0. The van der Waals surface area contributed by atoms with Crippen LogP contribution in [0.3, 0.4) is 0 Å². The van der Waals surface area contributed by atoms with Crippen LogP contribution in [0.4, 0.5) is 4.79 Å². The number of carbonyl (C=O) groups is 1. The van der Waals surface area contributed by atoms with Gasteiger partial charge >= 0.3 is 6.09 Å². The summed E-state index contributed by atoms with van der Waals surface area (Å²) in [4.78, 5) is 13.0. The molecular weight excluding hydrogens is 226 g/mol. The normalized spacial score (nSPS) is 10.7. The number of allylic oxidation sites excluding steroid dienone is 2. The third-order valence-corrected chi connectivity index (χ3v) is 2.09. The number of benzene rings is 1. The molecule has 3 nitrogen and oxygen atoms in total. The van der Waals surface area contributed by atoms with E-state index in [1.54, 1.807) is 31.5 Å². The predicted octanol–water partition coefficient (Wildman–Crippen LogP) is 3.82. The fourth-order valence-electron chi connectivity index (χ4n) is 1.25. The lowest BCUT2D eigenvalue weighted by molar-refractivity contribution is 0.133. The van der Waals surface area contributed by atoms with E-state index in [1.807, 2.05) is 36.4 Å². The first-order chi connectivity index (χ1) is 8.77. The second kappa shape index (κ2) is 7.90. The average molecular weight is 243 g/mol. The Hall–Kier alpha value is -2.29. The number of carbonyl (C=O) groups excluding carboxylic acids is 1. The summed E-state index contributed by atoms with van der Waals surface area (Å²) in [5, 5.41) is 0. The number of nitrogens with zero attached hydrogens (tertiary/aromatic N) is 1. The largest absolute Gasteiger partial charge is 0.449 e. The number of amides is 1. The van der Waals surface area contributed by atoms with E-state index < -0.39 is 6.09 Å². The van der Waals surface area contributed by atoms with Crippen LogP contribution in [0, 0.1) is 0 Å². The standard InChI is InChI=1S/C15H17NO2/c1-3-5-12-16(15(17)18-4-2)13-11-14-9-7-6-8-10-14/h3,5-13H,1,4H2,2H3. The molecule has 0 N–H and O–H groups in total. The van der Waals surface area contributed by atoms with Crippen LogP contribution in [0.25, 0.3) is 6.08 Å². The van der Waals surface area contributed by atoms with Gasteiger partial charge < -0.3 is 4.74 Å². The molecule has 0 saturated heterocycles. The van der Waals surface area contributed by atoms with Gasteiger partial charge in [-0.3, -0.25) is 4.90 Å². The van der Waals surface area contributed by atoms with Gasteiger partial charge in [-0.05, 0) is 24.6 Å². The third kappa shape index (κ3) is 4.70. The first-order valence-corrected chi connectivity index (χ1v) is 5.75. The molecule has 3 heteroatoms. The Morgan fingerprint density at radius 3 is 2.67 bits per heavy atom. The van der Waals surface area contributed by atoms with E-state index in [2.05, 4.69) is 6.58 Å². The lowest BCUT2D eigenvalue weighted by Gasteiger charge is -2.12. The van der Waals surface area contributed by atoms with Crippen molar-refractivity contribution in [2.24, 2.45) is 0 Å². The van der Waals surface area contributed by atoms with Crippen LogP contribution in [0.1, 0.15) is 12.5 Å². The van der Waals surface area contributed by atoms with Crippen molar-refractivity contribution in [2.45, 2.75) is 6.92 Å². The minimum Gasteiger partial charge on any atom is -0.449 e. The van der Waals surface area contributed by atoms with E-state index in [0.29, 0.717) is 6.61 Å². The number of rotatable bonds is 5. The van der Waals surface area contributed by atoms with E-state index in [1.165, 1.54) is 4.90 Å². The first kappa shape index (κ1) is 13.8. The van der Waals surface area contributed by atoms with Gasteiger partial charge in [-0.1, -0.05) is 43.0 Å². The van der Waals surface area contributed by atoms with Crippen molar-refractivity contribution in [1.82, 2.24) is 4.90 Å². The van der Waals surface area contributed by atoms with Crippen molar-refractivity contribution < 1.29 is 9.53 Å². The molecule has 0 aliphatic rings. The van der Waals surface area contributed by atoms with Gasteiger partial charge in [0.15, 0.2) is 0 Å². The number of ether oxygens (including phenoxy) is 1. The molecule has 0 radical (unpaired) electrons. The molecular formula is C15H17NO2. The van der Waals surface area contributed by atoms with Crippen molar-refractivity contribution in [3.05, 3.63) is 67.0 Å². The molecule has 0 aliphatic carbocycles. The van der Waals surface area contributed by atoms with E-state index in [9.17, 15) is 4.79 Å². The summed E-state index contributed by atoms with van der Waals surface area (Å²) in [6.07, 6.45) is 7.96. The minimum atomic E-state index is -0.414. The van der Waals surface area contributed by atoms with E-state index in [0.717, 1.165) is 5.56 Å². The van der Waals surface area contributed by atoms with Gasteiger partial charge in [-0.25, -0.2) is 4.79 Å². The zero-order chi connectivity index (χ0) is 13.2. The Morgan fingerprint density at radius 2 is 2.06 bits per heavy atom. The van der Waals surface area contributed by atoms with Gasteiger partial charge in [-0.2, -0.15) is 0 Å². The molecule has 1 amide bonds. The maximum absolute atomic E-state index is 11.6. The summed E-state index contributed by atoms with van der Waals surface area (Å²) in [7, 11) is 0. The van der Waals surface area contributed by atoms with Gasteiger partial charge in [-0.15, -0.1) is 0 Å². The lowest BCUT2D eigenvalue weighted by atomic mass is 10.2. The maximum Gasteiger partial charge on any atom is 0.417 e. The smallest absolute Gasteiger partial charge is 0.417 e. The van der Waals surface area contributed by atoms with Crippen LogP contribution >= 0.6 is 0 Å². The van der Waals surface area contributed by atoms with E-state index >= 15 is 0 Å². The van der Waals surface area contributed by atoms with Crippen molar-refractivity contribution in [1.29, 1.82) is 0 Å². The Labute approximate surface area is 108 Å². The van der Waals surface area contributed by atoms with Crippen molar-refractivity contribution in [2.75, 3.05) is 6.61 Å². The highest BCUT2D eigenvalue weighted by atomic mass is 16.5. The van der Waals surface area contributed by atoms with Crippen LogP contribution in [0.5, 0.6) is 0 Å². The molecule has 1 aromatic rings. The quantitative estimate of drug-likeness (QED) is 0.736. The summed E-state index contributed by atoms with van der Waals surface area (Å²) >= 11 is 0. The van der Waals surface area contributed by atoms with Crippen molar-refractivity contribution >= 4 is 12.2 Å². The molecule has 94 valence electrons. The fourth-order valence-corrected chi connectivity index (χ4v) is 1.25. The van der Waals surface area contributed by atoms with Crippen molar-refractivity contribution in [3.63, 3.8) is 0 Å². The zero-order valence-electron chi connectivity index (χ0n) is 10.5. The van der Waals surface area contributed by atoms with Gasteiger partial charge in [0.2, 0.25) is 0 Å². The van der Waals surface area contributed by atoms with Crippen LogP contribution in [0.2, 0.25) is 0 Å². The summed E-state index contributed by atoms with van der Waals surface area (Å²) in [5.41, 5.74) is 1.01. The molecule has 0 aliphatic heterocycles. The summed E-state index contributed by atoms with van der Waals surface area (Å²) in [6, 6.07) is 9.73. The van der Waals surface area contributed by atoms with E-state index in [-0.39, 0.29) is 0 Å². The summed E-state index contributed by atoms with van der Waals surface area (Å²) in [6.45, 7) is 5.68. The zero-order valence-corrected chi connectivity index (χ0v) is 10.5. The highest BCUT2D eigenvalue weighted by Gasteiger charge is 2.07. The average Bonchev–Trinajstić information content (AvgIpc) is 2.40. The molecule has 0 aromatic heterocycles. The topological polar surface area (TPSA) is 29.5 Å². The molecule has 18 heavy (non-hydrogen) atoms. The SMILES string of the molecule is C=CC=CN(C=Cc1ccccc1)C(=O)OCC. The molecule has 1 rings (SSSR count). The first-order valence-electron chi connectivity index (χ1n) is 5.75. The van der Waals surface area contributed by atoms with E-state index in [4.69, 9.17) is 4.74 Å². The van der Waals surface area contributed by atoms with Crippen LogP contribution in [0.15, 0.2) is 61.5 Å². The molecule has 0 atom stereocenters. The van der Waals surface area contributed by atoms with Gasteiger partial charge in [0.1, 0.15) is 0 Å². The van der Waals surface area contributed by atoms with Gasteiger partial charge in [0, 0.05) is 12.4 Å². The second-order valence-electron chi connectivity index (χ2n) is 3.41. The van der Waals surface area contributed by atoms with Crippen LogP contribution < -0.4 is 0 Å². The lowest BCUT2D eigenvalue weighted by Crippen LogP contribution is -2.20. The molecule has 0 spiro atoms. The number of hydrogen-bond donors (Lipinski definition) is 0. The Balaban J connectivity index is 2.78.